The standard InChI is InChI=1S/C17H18ClN3O3/c18-14-4-2-1-3-12(14)9-21-10-13(5-6-16(21)22)20-17(23)15-11-24-8-7-19-15/h1-6,10,15,19H,7-9,11H2,(H,20,23)/t15-/m1/s1. The van der Waals surface area contributed by atoms with Crippen LogP contribution in [0.5, 0.6) is 0 Å². The summed E-state index contributed by atoms with van der Waals surface area (Å²) in [6.45, 7) is 1.93. The number of aromatic nitrogens is 1. The minimum absolute atomic E-state index is 0.160. The van der Waals surface area contributed by atoms with Gasteiger partial charge in [-0.05, 0) is 17.7 Å². The van der Waals surface area contributed by atoms with Gasteiger partial charge in [-0.25, -0.2) is 0 Å². The van der Waals surface area contributed by atoms with E-state index in [1.165, 1.54) is 10.6 Å². The molecule has 1 aliphatic heterocycles. The number of halogens is 1. The van der Waals surface area contributed by atoms with Crippen LogP contribution in [0.15, 0.2) is 47.4 Å². The number of carbonyl (C=O) groups is 1. The zero-order valence-electron chi connectivity index (χ0n) is 13.0. The molecule has 1 amide bonds. The molecule has 0 spiro atoms. The van der Waals surface area contributed by atoms with Gasteiger partial charge in [0, 0.05) is 23.8 Å². The molecule has 6 nitrogen and oxygen atoms in total. The second kappa shape index (κ2) is 7.61. The molecule has 1 fully saturated rings. The Bertz CT molecular complexity index is 785. The van der Waals surface area contributed by atoms with Gasteiger partial charge in [0.15, 0.2) is 0 Å². The van der Waals surface area contributed by atoms with Gasteiger partial charge >= 0.3 is 0 Å². The monoisotopic (exact) mass is 347 g/mol. The Hall–Kier alpha value is -2.15. The highest BCUT2D eigenvalue weighted by molar-refractivity contribution is 6.31. The molecule has 1 saturated heterocycles. The molecule has 7 heteroatoms. The summed E-state index contributed by atoms with van der Waals surface area (Å²) in [7, 11) is 0. The molecule has 2 N–H and O–H groups in total. The van der Waals surface area contributed by atoms with Gasteiger partial charge in [0.25, 0.3) is 5.56 Å². The SMILES string of the molecule is O=C(Nc1ccc(=O)n(Cc2ccccc2Cl)c1)[C@H]1COCCN1. The number of pyridine rings is 1. The normalized spacial score (nSPS) is 17.5. The third-order valence-corrected chi connectivity index (χ3v) is 4.16. The average Bonchev–Trinajstić information content (AvgIpc) is 2.60. The maximum absolute atomic E-state index is 12.2. The number of nitrogens with one attached hydrogen (secondary N) is 2. The highest BCUT2D eigenvalue weighted by atomic mass is 35.5. The van der Waals surface area contributed by atoms with Gasteiger partial charge in [0.2, 0.25) is 5.91 Å². The Morgan fingerprint density at radius 2 is 2.17 bits per heavy atom. The second-order valence-electron chi connectivity index (χ2n) is 5.55. The number of benzene rings is 1. The second-order valence-corrected chi connectivity index (χ2v) is 5.95. The molecule has 2 heterocycles. The smallest absolute Gasteiger partial charge is 0.250 e. The third kappa shape index (κ3) is 4.03. The van der Waals surface area contributed by atoms with E-state index in [9.17, 15) is 9.59 Å². The van der Waals surface area contributed by atoms with Gasteiger partial charge < -0.3 is 19.9 Å². The molecule has 1 aromatic carbocycles. The van der Waals surface area contributed by atoms with E-state index in [-0.39, 0.29) is 17.5 Å². The summed E-state index contributed by atoms with van der Waals surface area (Å²) >= 11 is 6.14. The molecular weight excluding hydrogens is 330 g/mol. The summed E-state index contributed by atoms with van der Waals surface area (Å²) in [4.78, 5) is 24.3. The summed E-state index contributed by atoms with van der Waals surface area (Å²) in [6.07, 6.45) is 1.62. The molecule has 2 aromatic rings. The molecule has 0 saturated carbocycles. The fourth-order valence-corrected chi connectivity index (χ4v) is 2.70. The number of rotatable bonds is 4. The van der Waals surface area contributed by atoms with Gasteiger partial charge in [-0.2, -0.15) is 0 Å². The van der Waals surface area contributed by atoms with Crippen LogP contribution in [0, 0.1) is 0 Å². The Balaban J connectivity index is 1.75. The molecule has 0 unspecified atom stereocenters. The van der Waals surface area contributed by atoms with Crippen molar-refractivity contribution in [1.82, 2.24) is 9.88 Å². The van der Waals surface area contributed by atoms with E-state index in [4.69, 9.17) is 16.3 Å². The van der Waals surface area contributed by atoms with Crippen LogP contribution < -0.4 is 16.2 Å². The molecule has 3 rings (SSSR count). The third-order valence-electron chi connectivity index (χ3n) is 3.79. The maximum Gasteiger partial charge on any atom is 0.250 e. The number of nitrogens with zero attached hydrogens (tertiary/aromatic N) is 1. The lowest BCUT2D eigenvalue weighted by molar-refractivity contribution is -0.120. The van der Waals surface area contributed by atoms with Crippen molar-refractivity contribution in [2.75, 3.05) is 25.1 Å². The summed E-state index contributed by atoms with van der Waals surface area (Å²) < 4.78 is 6.80. The average molecular weight is 348 g/mol. The first-order valence-corrected chi connectivity index (χ1v) is 8.07. The van der Waals surface area contributed by atoms with Gasteiger partial charge in [-0.3, -0.25) is 9.59 Å². The lowest BCUT2D eigenvalue weighted by Crippen LogP contribution is -2.48. The molecule has 24 heavy (non-hydrogen) atoms. The van der Waals surface area contributed by atoms with Crippen molar-refractivity contribution in [3.63, 3.8) is 0 Å². The van der Waals surface area contributed by atoms with Crippen LogP contribution in [0.25, 0.3) is 0 Å². The Morgan fingerprint density at radius 3 is 2.92 bits per heavy atom. The lowest BCUT2D eigenvalue weighted by Gasteiger charge is -2.23. The minimum Gasteiger partial charge on any atom is -0.378 e. The molecule has 0 bridgehead atoms. The van der Waals surface area contributed by atoms with Gasteiger partial charge in [-0.15, -0.1) is 0 Å². The van der Waals surface area contributed by atoms with Crippen LogP contribution in [0.4, 0.5) is 5.69 Å². The maximum atomic E-state index is 12.2. The van der Waals surface area contributed by atoms with Crippen LogP contribution in [0.2, 0.25) is 5.02 Å². The predicted molar refractivity (Wildman–Crippen MR) is 92.5 cm³/mol. The Labute approximate surface area is 144 Å². The number of hydrogen-bond acceptors (Lipinski definition) is 4. The Kier molecular flexibility index (Phi) is 5.30. The van der Waals surface area contributed by atoms with Crippen molar-refractivity contribution in [2.24, 2.45) is 0 Å². The van der Waals surface area contributed by atoms with E-state index in [1.54, 1.807) is 18.3 Å². The van der Waals surface area contributed by atoms with Gasteiger partial charge in [-0.1, -0.05) is 29.8 Å². The quantitative estimate of drug-likeness (QED) is 0.878. The van der Waals surface area contributed by atoms with E-state index >= 15 is 0 Å². The largest absolute Gasteiger partial charge is 0.378 e. The van der Waals surface area contributed by atoms with Crippen molar-refractivity contribution in [1.29, 1.82) is 0 Å². The summed E-state index contributed by atoms with van der Waals surface area (Å²) in [5, 5.41) is 6.49. The fourth-order valence-electron chi connectivity index (χ4n) is 2.50. The summed E-state index contributed by atoms with van der Waals surface area (Å²) in [5.74, 6) is -0.183. The highest BCUT2D eigenvalue weighted by Crippen LogP contribution is 2.16. The minimum atomic E-state index is -0.386. The number of anilines is 1. The predicted octanol–water partition coefficient (Wildman–Crippen LogP) is 1.48. The zero-order valence-corrected chi connectivity index (χ0v) is 13.8. The van der Waals surface area contributed by atoms with Crippen molar-refractivity contribution >= 4 is 23.2 Å². The van der Waals surface area contributed by atoms with Crippen LogP contribution >= 0.6 is 11.6 Å². The first kappa shape index (κ1) is 16.7. The van der Waals surface area contributed by atoms with Gasteiger partial charge in [0.05, 0.1) is 25.4 Å². The van der Waals surface area contributed by atoms with E-state index in [2.05, 4.69) is 10.6 Å². The first-order chi connectivity index (χ1) is 11.6. The number of amides is 1. The van der Waals surface area contributed by atoms with Crippen molar-refractivity contribution in [3.05, 3.63) is 63.5 Å². The fraction of sp³-hybridized carbons (Fsp3) is 0.294. The van der Waals surface area contributed by atoms with Crippen LogP contribution in [0.1, 0.15) is 5.56 Å². The van der Waals surface area contributed by atoms with E-state index in [0.717, 1.165) is 5.56 Å². The molecule has 0 radical (unpaired) electrons. The summed E-state index contributed by atoms with van der Waals surface area (Å²) in [6, 6.07) is 9.98. The molecule has 126 valence electrons. The Morgan fingerprint density at radius 1 is 1.33 bits per heavy atom. The van der Waals surface area contributed by atoms with Gasteiger partial charge in [0.1, 0.15) is 6.04 Å². The molecule has 1 aliphatic rings. The number of carbonyl (C=O) groups excluding carboxylic acids is 1. The van der Waals surface area contributed by atoms with Crippen molar-refractivity contribution in [2.45, 2.75) is 12.6 Å². The number of morpholine rings is 1. The summed E-state index contributed by atoms with van der Waals surface area (Å²) in [5.41, 5.74) is 1.23. The van der Waals surface area contributed by atoms with E-state index in [1.807, 2.05) is 18.2 Å². The van der Waals surface area contributed by atoms with Crippen LogP contribution in [-0.4, -0.2) is 36.3 Å². The van der Waals surface area contributed by atoms with Crippen LogP contribution in [0.3, 0.4) is 0 Å². The van der Waals surface area contributed by atoms with E-state index in [0.29, 0.717) is 37.0 Å². The zero-order chi connectivity index (χ0) is 16.9. The van der Waals surface area contributed by atoms with Crippen LogP contribution in [-0.2, 0) is 16.1 Å². The van der Waals surface area contributed by atoms with Crippen molar-refractivity contribution in [3.8, 4) is 0 Å². The number of ether oxygens (including phenoxy) is 1. The topological polar surface area (TPSA) is 72.4 Å². The highest BCUT2D eigenvalue weighted by Gasteiger charge is 2.21. The molecule has 1 atom stereocenters. The van der Waals surface area contributed by atoms with Crippen molar-refractivity contribution < 1.29 is 9.53 Å². The first-order valence-electron chi connectivity index (χ1n) is 7.69. The molecular formula is C17H18ClN3O3. The van der Waals surface area contributed by atoms with E-state index < -0.39 is 0 Å². The number of hydrogen-bond donors (Lipinski definition) is 2. The molecule has 0 aliphatic carbocycles. The lowest BCUT2D eigenvalue weighted by atomic mass is 10.2. The molecule has 1 aromatic heterocycles.